The van der Waals surface area contributed by atoms with Crippen molar-refractivity contribution in [2.24, 2.45) is 0 Å². The Balaban J connectivity index is 2.25. The number of phenols is 2. The topological polar surface area (TPSA) is 69.6 Å². The second-order valence-electron chi connectivity index (χ2n) is 4.14. The molecule has 19 heavy (non-hydrogen) atoms. The molecule has 2 aromatic carbocycles. The molecule has 0 heterocycles. The van der Waals surface area contributed by atoms with E-state index < -0.39 is 5.91 Å². The van der Waals surface area contributed by atoms with Gasteiger partial charge in [-0.05, 0) is 31.2 Å². The van der Waals surface area contributed by atoms with Crippen LogP contribution in [0.15, 0.2) is 36.4 Å². The summed E-state index contributed by atoms with van der Waals surface area (Å²) in [6.07, 6.45) is 0. The highest BCUT2D eigenvalue weighted by Crippen LogP contribution is 2.27. The molecule has 4 nitrogen and oxygen atoms in total. The average Bonchev–Trinajstić information content (AvgIpc) is 2.36. The predicted molar refractivity (Wildman–Crippen MR) is 73.9 cm³/mol. The van der Waals surface area contributed by atoms with Crippen molar-refractivity contribution in [2.45, 2.75) is 6.92 Å². The van der Waals surface area contributed by atoms with Crippen molar-refractivity contribution in [3.8, 4) is 11.5 Å². The van der Waals surface area contributed by atoms with Crippen molar-refractivity contribution < 1.29 is 15.0 Å². The van der Waals surface area contributed by atoms with E-state index >= 15 is 0 Å². The van der Waals surface area contributed by atoms with Crippen LogP contribution in [0.25, 0.3) is 0 Å². The van der Waals surface area contributed by atoms with Gasteiger partial charge < -0.3 is 15.5 Å². The van der Waals surface area contributed by atoms with Crippen LogP contribution in [0.2, 0.25) is 5.02 Å². The number of carbonyl (C=O) groups excluding carboxylic acids is 1. The number of hydrogen-bond donors (Lipinski definition) is 3. The lowest BCUT2D eigenvalue weighted by Crippen LogP contribution is -2.12. The maximum Gasteiger partial charge on any atom is 0.259 e. The van der Waals surface area contributed by atoms with Crippen molar-refractivity contribution in [2.75, 3.05) is 5.32 Å². The number of benzene rings is 2. The highest BCUT2D eigenvalue weighted by molar-refractivity contribution is 6.32. The van der Waals surface area contributed by atoms with E-state index in [-0.39, 0.29) is 22.1 Å². The molecule has 0 radical (unpaired) electrons. The number of rotatable bonds is 2. The third-order valence-electron chi connectivity index (χ3n) is 2.60. The van der Waals surface area contributed by atoms with E-state index in [1.54, 1.807) is 18.2 Å². The molecule has 2 aromatic rings. The van der Waals surface area contributed by atoms with Gasteiger partial charge in [-0.2, -0.15) is 0 Å². The van der Waals surface area contributed by atoms with E-state index in [0.29, 0.717) is 5.69 Å². The summed E-state index contributed by atoms with van der Waals surface area (Å²) in [5, 5.41) is 21.9. The predicted octanol–water partition coefficient (Wildman–Crippen LogP) is 3.31. The molecular weight excluding hydrogens is 266 g/mol. The van der Waals surface area contributed by atoms with Crippen LogP contribution in [0, 0.1) is 6.92 Å². The summed E-state index contributed by atoms with van der Waals surface area (Å²) < 4.78 is 0. The fraction of sp³-hybridized carbons (Fsp3) is 0.0714. The molecule has 1 amide bonds. The van der Waals surface area contributed by atoms with Gasteiger partial charge in [0.15, 0.2) is 0 Å². The zero-order valence-corrected chi connectivity index (χ0v) is 10.9. The molecule has 0 fully saturated rings. The van der Waals surface area contributed by atoms with Crippen LogP contribution in [0.5, 0.6) is 11.5 Å². The number of aromatic hydroxyl groups is 2. The Morgan fingerprint density at radius 3 is 2.53 bits per heavy atom. The molecule has 0 aromatic heterocycles. The lowest BCUT2D eigenvalue weighted by molar-refractivity contribution is 0.102. The van der Waals surface area contributed by atoms with Crippen LogP contribution in [-0.2, 0) is 0 Å². The van der Waals surface area contributed by atoms with Crippen molar-refractivity contribution in [3.05, 3.63) is 52.5 Å². The van der Waals surface area contributed by atoms with E-state index in [0.717, 1.165) is 5.56 Å². The molecular formula is C14H12ClNO3. The maximum absolute atomic E-state index is 12.0. The van der Waals surface area contributed by atoms with Gasteiger partial charge in [0, 0.05) is 11.8 Å². The smallest absolute Gasteiger partial charge is 0.259 e. The van der Waals surface area contributed by atoms with E-state index in [9.17, 15) is 15.0 Å². The summed E-state index contributed by atoms with van der Waals surface area (Å²) in [6.45, 7) is 1.82. The van der Waals surface area contributed by atoms with E-state index in [2.05, 4.69) is 5.32 Å². The normalized spacial score (nSPS) is 10.2. The molecule has 0 aliphatic carbocycles. The lowest BCUT2D eigenvalue weighted by Gasteiger charge is -2.08. The Hall–Kier alpha value is -2.20. The van der Waals surface area contributed by atoms with Gasteiger partial charge >= 0.3 is 0 Å². The molecule has 0 unspecified atom stereocenters. The lowest BCUT2D eigenvalue weighted by atomic mass is 10.1. The van der Waals surface area contributed by atoms with Crippen LogP contribution < -0.4 is 5.32 Å². The highest BCUT2D eigenvalue weighted by Gasteiger charge is 2.12. The van der Waals surface area contributed by atoms with Gasteiger partial charge in [0.1, 0.15) is 11.5 Å². The van der Waals surface area contributed by atoms with Gasteiger partial charge in [0.05, 0.1) is 10.6 Å². The molecule has 2 rings (SSSR count). The second kappa shape index (κ2) is 5.20. The fourth-order valence-corrected chi connectivity index (χ4v) is 1.74. The third-order valence-corrected chi connectivity index (χ3v) is 2.92. The van der Waals surface area contributed by atoms with Gasteiger partial charge in [-0.15, -0.1) is 0 Å². The molecule has 0 aliphatic rings. The highest BCUT2D eigenvalue weighted by atomic mass is 35.5. The van der Waals surface area contributed by atoms with Gasteiger partial charge in [-0.3, -0.25) is 4.79 Å². The van der Waals surface area contributed by atoms with Crippen LogP contribution in [0.4, 0.5) is 5.69 Å². The number of halogens is 1. The fourth-order valence-electron chi connectivity index (χ4n) is 1.62. The summed E-state index contributed by atoms with van der Waals surface area (Å²) in [5.74, 6) is -0.669. The Labute approximate surface area is 115 Å². The molecule has 0 atom stereocenters. The van der Waals surface area contributed by atoms with Gasteiger partial charge in [0.2, 0.25) is 0 Å². The number of phenolic OH excluding ortho intramolecular Hbond substituents is 2. The zero-order chi connectivity index (χ0) is 14.0. The Morgan fingerprint density at radius 2 is 1.84 bits per heavy atom. The Bertz CT molecular complexity index is 641. The Kier molecular flexibility index (Phi) is 3.62. The van der Waals surface area contributed by atoms with Crippen LogP contribution >= 0.6 is 11.6 Å². The minimum Gasteiger partial charge on any atom is -0.507 e. The van der Waals surface area contributed by atoms with Gasteiger partial charge in [0.25, 0.3) is 5.91 Å². The van der Waals surface area contributed by atoms with Crippen LogP contribution in [-0.4, -0.2) is 16.1 Å². The largest absolute Gasteiger partial charge is 0.507 e. The van der Waals surface area contributed by atoms with E-state index in [1.165, 1.54) is 18.2 Å². The molecule has 0 spiro atoms. The molecule has 0 aliphatic heterocycles. The first kappa shape index (κ1) is 13.2. The maximum atomic E-state index is 12.0. The van der Waals surface area contributed by atoms with E-state index in [1.807, 2.05) is 6.92 Å². The quantitative estimate of drug-likeness (QED) is 0.789. The number of nitrogens with one attached hydrogen (secondary N) is 1. The first-order valence-corrected chi connectivity index (χ1v) is 5.94. The first-order valence-electron chi connectivity index (χ1n) is 5.57. The van der Waals surface area contributed by atoms with Crippen LogP contribution in [0.3, 0.4) is 0 Å². The van der Waals surface area contributed by atoms with Crippen molar-refractivity contribution >= 4 is 23.2 Å². The van der Waals surface area contributed by atoms with Gasteiger partial charge in [-0.25, -0.2) is 0 Å². The molecule has 0 bridgehead atoms. The Morgan fingerprint density at radius 1 is 1.11 bits per heavy atom. The van der Waals surface area contributed by atoms with Crippen molar-refractivity contribution in [1.82, 2.24) is 0 Å². The minimum atomic E-state index is -0.456. The number of carbonyl (C=O) groups is 1. The summed E-state index contributed by atoms with van der Waals surface area (Å²) in [4.78, 5) is 12.0. The molecule has 98 valence electrons. The van der Waals surface area contributed by atoms with Crippen molar-refractivity contribution in [1.29, 1.82) is 0 Å². The summed E-state index contributed by atoms with van der Waals surface area (Å²) in [5.41, 5.74) is 1.43. The number of anilines is 1. The minimum absolute atomic E-state index is 0.0960. The zero-order valence-electron chi connectivity index (χ0n) is 10.1. The molecule has 0 saturated heterocycles. The molecule has 0 saturated carbocycles. The van der Waals surface area contributed by atoms with Gasteiger partial charge in [-0.1, -0.05) is 23.2 Å². The SMILES string of the molecule is Cc1ccc(O)c(C(=O)Nc2ccc(Cl)c(O)c2)c1. The first-order chi connectivity index (χ1) is 8.97. The summed E-state index contributed by atoms with van der Waals surface area (Å²) >= 11 is 5.68. The van der Waals surface area contributed by atoms with Crippen molar-refractivity contribution in [3.63, 3.8) is 0 Å². The second-order valence-corrected chi connectivity index (χ2v) is 4.55. The number of hydrogen-bond acceptors (Lipinski definition) is 3. The van der Waals surface area contributed by atoms with E-state index in [4.69, 9.17) is 11.6 Å². The van der Waals surface area contributed by atoms with Crippen LogP contribution in [0.1, 0.15) is 15.9 Å². The third kappa shape index (κ3) is 2.98. The monoisotopic (exact) mass is 277 g/mol. The summed E-state index contributed by atoms with van der Waals surface area (Å²) in [6, 6.07) is 9.13. The summed E-state index contributed by atoms with van der Waals surface area (Å²) in [7, 11) is 0. The standard InChI is InChI=1S/C14H12ClNO3/c1-8-2-5-12(17)10(6-8)14(19)16-9-3-4-11(15)13(18)7-9/h2-7,17-18H,1H3,(H,16,19). The number of aryl methyl sites for hydroxylation is 1. The molecule has 3 N–H and O–H groups in total. The number of amides is 1. The molecule has 5 heteroatoms. The average molecular weight is 278 g/mol.